The number of hydrogen-bond acceptors (Lipinski definition) is 3. The van der Waals surface area contributed by atoms with Crippen molar-refractivity contribution in [3.8, 4) is 5.75 Å². The maximum absolute atomic E-state index is 11.2. The first-order valence-corrected chi connectivity index (χ1v) is 7.12. The Morgan fingerprint density at radius 3 is 2.76 bits per heavy atom. The number of aryl methyl sites for hydroxylation is 1. The average Bonchev–Trinajstić information content (AvgIpc) is 2.30. The zero-order valence-electron chi connectivity index (χ0n) is 10.8. The van der Waals surface area contributed by atoms with Crippen molar-refractivity contribution in [1.29, 1.82) is 0 Å². The van der Waals surface area contributed by atoms with Gasteiger partial charge in [-0.15, -0.1) is 0 Å². The van der Waals surface area contributed by atoms with Crippen LogP contribution >= 0.6 is 11.8 Å². The van der Waals surface area contributed by atoms with Crippen LogP contribution in [0.2, 0.25) is 0 Å². The summed E-state index contributed by atoms with van der Waals surface area (Å²) in [6.07, 6.45) is 1.06. The predicted octanol–water partition coefficient (Wildman–Crippen LogP) is 3.72. The average molecular weight is 252 g/mol. The van der Waals surface area contributed by atoms with Gasteiger partial charge in [-0.05, 0) is 55.5 Å². The van der Waals surface area contributed by atoms with Crippen molar-refractivity contribution in [2.45, 2.75) is 27.2 Å². The largest absolute Gasteiger partial charge is 0.493 e. The molecule has 0 N–H and O–H groups in total. The molecule has 0 saturated heterocycles. The number of thioether (sulfide) groups is 1. The highest BCUT2D eigenvalue weighted by Gasteiger charge is 2.04. The normalized spacial score (nSPS) is 10.3. The van der Waals surface area contributed by atoms with Crippen molar-refractivity contribution >= 4 is 17.5 Å². The van der Waals surface area contributed by atoms with E-state index in [2.05, 4.69) is 6.92 Å². The van der Waals surface area contributed by atoms with Crippen LogP contribution in [0.25, 0.3) is 0 Å². The summed E-state index contributed by atoms with van der Waals surface area (Å²) in [5.41, 5.74) is 1.78. The van der Waals surface area contributed by atoms with E-state index in [9.17, 15) is 4.79 Å². The van der Waals surface area contributed by atoms with Gasteiger partial charge in [-0.3, -0.25) is 4.79 Å². The smallest absolute Gasteiger partial charge is 0.159 e. The van der Waals surface area contributed by atoms with Crippen LogP contribution in [0.15, 0.2) is 18.2 Å². The number of carbonyl (C=O) groups is 1. The number of ketones is 1. The molecule has 0 heterocycles. The maximum atomic E-state index is 11.2. The molecule has 0 bridgehead atoms. The van der Waals surface area contributed by atoms with E-state index in [0.29, 0.717) is 0 Å². The van der Waals surface area contributed by atoms with E-state index in [-0.39, 0.29) is 5.78 Å². The van der Waals surface area contributed by atoms with Crippen molar-refractivity contribution in [3.63, 3.8) is 0 Å². The highest BCUT2D eigenvalue weighted by molar-refractivity contribution is 7.99. The molecule has 0 aliphatic heterocycles. The molecule has 0 saturated carbocycles. The maximum Gasteiger partial charge on any atom is 0.159 e. The number of carbonyl (C=O) groups excluding carboxylic acids is 1. The molecule has 0 fully saturated rings. The fraction of sp³-hybridized carbons (Fsp3) is 0.500. The number of hydrogen-bond donors (Lipinski definition) is 0. The number of benzene rings is 1. The number of Topliss-reactive ketones (excluding diaryl/α,β-unsaturated/α-hetero) is 1. The molecule has 0 aliphatic rings. The zero-order chi connectivity index (χ0) is 12.7. The SMILES string of the molecule is CCSCCCOc1ccc(C(C)=O)cc1C. The molecule has 17 heavy (non-hydrogen) atoms. The van der Waals surface area contributed by atoms with Crippen LogP contribution in [0.1, 0.15) is 36.2 Å². The summed E-state index contributed by atoms with van der Waals surface area (Å²) >= 11 is 1.93. The van der Waals surface area contributed by atoms with E-state index < -0.39 is 0 Å². The van der Waals surface area contributed by atoms with Crippen molar-refractivity contribution in [2.75, 3.05) is 18.1 Å². The Morgan fingerprint density at radius 1 is 1.41 bits per heavy atom. The van der Waals surface area contributed by atoms with Crippen LogP contribution in [0.3, 0.4) is 0 Å². The van der Waals surface area contributed by atoms with Crippen LogP contribution in [-0.2, 0) is 0 Å². The van der Waals surface area contributed by atoms with Gasteiger partial charge in [0.1, 0.15) is 5.75 Å². The first kappa shape index (κ1) is 14.1. The molecule has 0 aliphatic carbocycles. The summed E-state index contributed by atoms with van der Waals surface area (Å²) < 4.78 is 5.69. The standard InChI is InChI=1S/C14H20O2S/c1-4-17-9-5-8-16-14-7-6-13(12(3)15)10-11(14)2/h6-7,10H,4-5,8-9H2,1-3H3. The van der Waals surface area contributed by atoms with Gasteiger partial charge < -0.3 is 4.74 Å². The topological polar surface area (TPSA) is 26.3 Å². The summed E-state index contributed by atoms with van der Waals surface area (Å²) in [6, 6.07) is 5.60. The number of ether oxygens (including phenoxy) is 1. The van der Waals surface area contributed by atoms with Gasteiger partial charge in [-0.2, -0.15) is 11.8 Å². The lowest BCUT2D eigenvalue weighted by molar-refractivity contribution is 0.101. The van der Waals surface area contributed by atoms with Gasteiger partial charge in [0.15, 0.2) is 5.78 Å². The second kappa shape index (κ2) is 7.38. The Hall–Kier alpha value is -0.960. The van der Waals surface area contributed by atoms with Gasteiger partial charge in [0.25, 0.3) is 0 Å². The highest BCUT2D eigenvalue weighted by Crippen LogP contribution is 2.19. The zero-order valence-corrected chi connectivity index (χ0v) is 11.6. The minimum Gasteiger partial charge on any atom is -0.493 e. The third-order valence-electron chi connectivity index (χ3n) is 2.48. The van der Waals surface area contributed by atoms with Crippen molar-refractivity contribution in [3.05, 3.63) is 29.3 Å². The first-order valence-electron chi connectivity index (χ1n) is 5.97. The summed E-state index contributed by atoms with van der Waals surface area (Å²) in [7, 11) is 0. The lowest BCUT2D eigenvalue weighted by Crippen LogP contribution is -2.01. The molecule has 0 aromatic heterocycles. The second-order valence-electron chi connectivity index (χ2n) is 3.94. The van der Waals surface area contributed by atoms with Crippen LogP contribution in [-0.4, -0.2) is 23.9 Å². The van der Waals surface area contributed by atoms with E-state index in [1.807, 2.05) is 36.9 Å². The summed E-state index contributed by atoms with van der Waals surface area (Å²) in [5.74, 6) is 3.28. The van der Waals surface area contributed by atoms with Crippen molar-refractivity contribution < 1.29 is 9.53 Å². The monoisotopic (exact) mass is 252 g/mol. The van der Waals surface area contributed by atoms with Crippen LogP contribution in [0.5, 0.6) is 5.75 Å². The van der Waals surface area contributed by atoms with Crippen LogP contribution in [0.4, 0.5) is 0 Å². The van der Waals surface area contributed by atoms with Crippen molar-refractivity contribution in [1.82, 2.24) is 0 Å². The Morgan fingerprint density at radius 2 is 2.18 bits per heavy atom. The third-order valence-corrected chi connectivity index (χ3v) is 3.46. The van der Waals surface area contributed by atoms with Gasteiger partial charge in [-0.1, -0.05) is 6.92 Å². The molecule has 0 radical (unpaired) electrons. The molecule has 0 spiro atoms. The molecule has 3 heteroatoms. The molecule has 0 unspecified atom stereocenters. The lowest BCUT2D eigenvalue weighted by Gasteiger charge is -2.09. The van der Waals surface area contributed by atoms with E-state index >= 15 is 0 Å². The third kappa shape index (κ3) is 4.82. The highest BCUT2D eigenvalue weighted by atomic mass is 32.2. The van der Waals surface area contributed by atoms with Gasteiger partial charge in [0.2, 0.25) is 0 Å². The molecule has 94 valence electrons. The summed E-state index contributed by atoms with van der Waals surface area (Å²) in [6.45, 7) is 6.46. The molecule has 1 aromatic rings. The minimum absolute atomic E-state index is 0.0963. The molecule has 0 amide bonds. The van der Waals surface area contributed by atoms with E-state index in [1.165, 1.54) is 0 Å². The number of rotatable bonds is 7. The van der Waals surface area contributed by atoms with Gasteiger partial charge in [0.05, 0.1) is 6.61 Å². The van der Waals surface area contributed by atoms with Gasteiger partial charge in [0, 0.05) is 5.56 Å². The quantitative estimate of drug-likeness (QED) is 0.546. The van der Waals surface area contributed by atoms with Gasteiger partial charge in [-0.25, -0.2) is 0 Å². The lowest BCUT2D eigenvalue weighted by atomic mass is 10.1. The minimum atomic E-state index is 0.0963. The fourth-order valence-electron chi connectivity index (χ4n) is 1.52. The molecule has 1 rings (SSSR count). The molecule has 1 aromatic carbocycles. The Bertz CT molecular complexity index is 374. The van der Waals surface area contributed by atoms with Crippen molar-refractivity contribution in [2.24, 2.45) is 0 Å². The molecular weight excluding hydrogens is 232 g/mol. The van der Waals surface area contributed by atoms with Gasteiger partial charge >= 0.3 is 0 Å². The predicted molar refractivity (Wildman–Crippen MR) is 74.3 cm³/mol. The van der Waals surface area contributed by atoms with Crippen LogP contribution < -0.4 is 4.74 Å². The molecule has 0 atom stereocenters. The summed E-state index contributed by atoms with van der Waals surface area (Å²) in [5, 5.41) is 0. The van der Waals surface area contributed by atoms with Crippen LogP contribution in [0, 0.1) is 6.92 Å². The van der Waals surface area contributed by atoms with E-state index in [0.717, 1.165) is 41.4 Å². The second-order valence-corrected chi connectivity index (χ2v) is 5.33. The Balaban J connectivity index is 2.46. The van der Waals surface area contributed by atoms with E-state index in [4.69, 9.17) is 4.74 Å². The molecular formula is C14H20O2S. The Labute approximate surface area is 108 Å². The molecule has 2 nitrogen and oxygen atoms in total. The fourth-order valence-corrected chi connectivity index (χ4v) is 2.13. The van der Waals surface area contributed by atoms with E-state index in [1.54, 1.807) is 6.92 Å². The first-order chi connectivity index (χ1) is 8.15. The summed E-state index contributed by atoms with van der Waals surface area (Å²) in [4.78, 5) is 11.2. The Kier molecular flexibility index (Phi) is 6.12.